The van der Waals surface area contributed by atoms with E-state index in [0.717, 1.165) is 38.6 Å². The molecule has 4 nitrogen and oxygen atoms in total. The van der Waals surface area contributed by atoms with E-state index in [9.17, 15) is 0 Å². The summed E-state index contributed by atoms with van der Waals surface area (Å²) in [5, 5.41) is 10.9. The fourth-order valence-electron chi connectivity index (χ4n) is 8.43. The standard InChI is InChI=1S/C48H34N4S/c1-48(2,3)30-24-25-49-44(27-30)52-42-28-31(21-23-38(42)45-36-15-6-4-12-32(36)33-13-5-7-16-37(33)46(45)52)51-40-18-10-8-14-34(40)35-22-20-29(26-41(35)51)47-50-39-17-9-11-19-43(39)53-47/h4-28H,1-3H3. The highest BCUT2D eigenvalue weighted by Gasteiger charge is 2.23. The van der Waals surface area contributed by atoms with Gasteiger partial charge in [0.25, 0.3) is 0 Å². The summed E-state index contributed by atoms with van der Waals surface area (Å²) in [6.07, 6.45) is 1.97. The lowest BCUT2D eigenvalue weighted by molar-refractivity contribution is 0.589. The Kier molecular flexibility index (Phi) is 6.35. The molecular weight excluding hydrogens is 665 g/mol. The maximum absolute atomic E-state index is 5.09. The van der Waals surface area contributed by atoms with Gasteiger partial charge >= 0.3 is 0 Å². The molecule has 0 N–H and O–H groups in total. The molecule has 7 aromatic carbocycles. The van der Waals surface area contributed by atoms with Crippen molar-refractivity contribution in [2.24, 2.45) is 0 Å². The van der Waals surface area contributed by atoms with Crippen molar-refractivity contribution in [3.63, 3.8) is 0 Å². The Morgan fingerprint density at radius 2 is 1.19 bits per heavy atom. The molecule has 5 heteroatoms. The van der Waals surface area contributed by atoms with Gasteiger partial charge in [0, 0.05) is 44.4 Å². The minimum Gasteiger partial charge on any atom is -0.309 e. The molecule has 252 valence electrons. The van der Waals surface area contributed by atoms with E-state index < -0.39 is 0 Å². The zero-order valence-electron chi connectivity index (χ0n) is 29.6. The molecule has 0 saturated heterocycles. The van der Waals surface area contributed by atoms with Gasteiger partial charge in [0.1, 0.15) is 10.8 Å². The van der Waals surface area contributed by atoms with Crippen LogP contribution in [0.1, 0.15) is 26.3 Å². The molecule has 0 aliphatic heterocycles. The zero-order valence-corrected chi connectivity index (χ0v) is 30.4. The molecule has 0 aliphatic rings. The number of para-hydroxylation sites is 2. The second kappa shape index (κ2) is 11.1. The SMILES string of the molecule is CC(C)(C)c1ccnc(-n2c3cc(-n4c5ccccc5c5ccc(-c6nc7ccccc7s6)cc54)ccc3c3c4ccccc4c4ccccc4c32)c1. The van der Waals surface area contributed by atoms with Gasteiger partial charge in [0.15, 0.2) is 0 Å². The molecule has 11 aromatic rings. The normalized spacial score (nSPS) is 12.4. The van der Waals surface area contributed by atoms with Crippen molar-refractivity contribution in [2.75, 3.05) is 0 Å². The topological polar surface area (TPSA) is 35.6 Å². The summed E-state index contributed by atoms with van der Waals surface area (Å²) in [7, 11) is 0. The van der Waals surface area contributed by atoms with Crippen LogP contribution in [0, 0.1) is 0 Å². The van der Waals surface area contributed by atoms with Crippen LogP contribution in [0.2, 0.25) is 0 Å². The van der Waals surface area contributed by atoms with E-state index in [1.54, 1.807) is 11.3 Å². The molecule has 0 atom stereocenters. The monoisotopic (exact) mass is 698 g/mol. The minimum atomic E-state index is -0.0275. The number of pyridine rings is 1. The van der Waals surface area contributed by atoms with Crippen LogP contribution in [0.4, 0.5) is 0 Å². The van der Waals surface area contributed by atoms with Crippen molar-refractivity contribution in [3.05, 3.63) is 157 Å². The summed E-state index contributed by atoms with van der Waals surface area (Å²) in [6.45, 7) is 6.80. The first kappa shape index (κ1) is 30.3. The van der Waals surface area contributed by atoms with Gasteiger partial charge in [-0.3, -0.25) is 4.57 Å². The molecule has 0 saturated carbocycles. The summed E-state index contributed by atoms with van der Waals surface area (Å²) in [6, 6.07) is 53.1. The molecule has 4 aromatic heterocycles. The van der Waals surface area contributed by atoms with Crippen LogP contribution in [-0.2, 0) is 5.41 Å². The third kappa shape index (κ3) is 4.47. The molecule has 0 radical (unpaired) electrons. The number of thiazole rings is 1. The summed E-state index contributed by atoms with van der Waals surface area (Å²) < 4.78 is 6.04. The number of nitrogens with zero attached hydrogens (tertiary/aromatic N) is 4. The lowest BCUT2D eigenvalue weighted by Gasteiger charge is -2.20. The van der Waals surface area contributed by atoms with Crippen molar-refractivity contribution in [1.82, 2.24) is 19.1 Å². The predicted octanol–water partition coefficient (Wildman–Crippen LogP) is 13.2. The average molecular weight is 699 g/mol. The molecule has 4 heterocycles. The van der Waals surface area contributed by atoms with E-state index in [-0.39, 0.29) is 5.41 Å². The number of benzene rings is 7. The quantitative estimate of drug-likeness (QED) is 0.172. The summed E-state index contributed by atoms with van der Waals surface area (Å²) in [5.74, 6) is 0.926. The van der Waals surface area contributed by atoms with Crippen molar-refractivity contribution in [1.29, 1.82) is 0 Å². The van der Waals surface area contributed by atoms with E-state index in [0.29, 0.717) is 0 Å². The van der Waals surface area contributed by atoms with Gasteiger partial charge < -0.3 is 4.57 Å². The van der Waals surface area contributed by atoms with Crippen LogP contribution in [0.25, 0.3) is 97.4 Å². The maximum Gasteiger partial charge on any atom is 0.137 e. The molecule has 0 fully saturated rings. The number of hydrogen-bond donors (Lipinski definition) is 0. The Morgan fingerprint density at radius 3 is 2.00 bits per heavy atom. The van der Waals surface area contributed by atoms with Gasteiger partial charge in [-0.2, -0.15) is 0 Å². The third-order valence-electron chi connectivity index (χ3n) is 10.9. The summed E-state index contributed by atoms with van der Waals surface area (Å²) in [4.78, 5) is 10.1. The second-order valence-electron chi connectivity index (χ2n) is 15.1. The number of hydrogen-bond acceptors (Lipinski definition) is 3. The molecule has 0 aliphatic carbocycles. The number of fused-ring (bicyclic) bond motifs is 12. The van der Waals surface area contributed by atoms with Crippen LogP contribution in [0.5, 0.6) is 0 Å². The maximum atomic E-state index is 5.09. The van der Waals surface area contributed by atoms with Crippen molar-refractivity contribution in [3.8, 4) is 22.1 Å². The first-order valence-electron chi connectivity index (χ1n) is 18.2. The van der Waals surface area contributed by atoms with Crippen molar-refractivity contribution >= 4 is 86.7 Å². The number of rotatable bonds is 3. The highest BCUT2D eigenvalue weighted by molar-refractivity contribution is 7.21. The Bertz CT molecular complexity index is 3250. The largest absolute Gasteiger partial charge is 0.309 e. The average Bonchev–Trinajstić information content (AvgIpc) is 3.88. The summed E-state index contributed by atoms with van der Waals surface area (Å²) in [5.41, 5.74) is 9.15. The highest BCUT2D eigenvalue weighted by atomic mass is 32.1. The summed E-state index contributed by atoms with van der Waals surface area (Å²) >= 11 is 1.75. The van der Waals surface area contributed by atoms with Crippen LogP contribution < -0.4 is 0 Å². The molecule has 0 amide bonds. The van der Waals surface area contributed by atoms with Crippen LogP contribution >= 0.6 is 11.3 Å². The second-order valence-corrected chi connectivity index (χ2v) is 16.1. The van der Waals surface area contributed by atoms with Gasteiger partial charge in [-0.1, -0.05) is 118 Å². The Hall–Kier alpha value is -6.30. The van der Waals surface area contributed by atoms with E-state index >= 15 is 0 Å². The fraction of sp³-hybridized carbons (Fsp3) is 0.0833. The van der Waals surface area contributed by atoms with Gasteiger partial charge in [-0.15, -0.1) is 11.3 Å². The molecule has 0 bridgehead atoms. The molecule has 0 spiro atoms. The van der Waals surface area contributed by atoms with Gasteiger partial charge in [-0.25, -0.2) is 9.97 Å². The van der Waals surface area contributed by atoms with Gasteiger partial charge in [0.2, 0.25) is 0 Å². The van der Waals surface area contributed by atoms with Crippen molar-refractivity contribution in [2.45, 2.75) is 26.2 Å². The molecule has 11 rings (SSSR count). The smallest absolute Gasteiger partial charge is 0.137 e. The third-order valence-corrected chi connectivity index (χ3v) is 12.0. The Labute approximate surface area is 310 Å². The van der Waals surface area contributed by atoms with Gasteiger partial charge in [0.05, 0.1) is 32.3 Å². The van der Waals surface area contributed by atoms with Crippen LogP contribution in [0.3, 0.4) is 0 Å². The van der Waals surface area contributed by atoms with Crippen LogP contribution in [0.15, 0.2) is 152 Å². The van der Waals surface area contributed by atoms with E-state index in [1.165, 1.54) is 64.4 Å². The lowest BCUT2D eigenvalue weighted by atomic mass is 9.88. The predicted molar refractivity (Wildman–Crippen MR) is 225 cm³/mol. The lowest BCUT2D eigenvalue weighted by Crippen LogP contribution is -2.12. The Morgan fingerprint density at radius 1 is 0.528 bits per heavy atom. The fourth-order valence-corrected chi connectivity index (χ4v) is 9.39. The highest BCUT2D eigenvalue weighted by Crippen LogP contribution is 2.44. The molecular formula is C48H34N4S. The Balaban J connectivity index is 1.26. The zero-order chi connectivity index (χ0) is 35.4. The van der Waals surface area contributed by atoms with Crippen LogP contribution in [-0.4, -0.2) is 19.1 Å². The van der Waals surface area contributed by atoms with Gasteiger partial charge in [-0.05, 0) is 75.7 Å². The van der Waals surface area contributed by atoms with E-state index in [1.807, 2.05) is 6.20 Å². The first-order valence-corrected chi connectivity index (χ1v) is 19.0. The first-order chi connectivity index (χ1) is 25.9. The van der Waals surface area contributed by atoms with Crippen molar-refractivity contribution < 1.29 is 0 Å². The van der Waals surface area contributed by atoms with E-state index in [4.69, 9.17) is 9.97 Å². The minimum absolute atomic E-state index is 0.0275. The van der Waals surface area contributed by atoms with E-state index in [2.05, 4.69) is 175 Å². The number of aromatic nitrogens is 4. The molecule has 0 unspecified atom stereocenters. The molecule has 53 heavy (non-hydrogen) atoms.